The van der Waals surface area contributed by atoms with Crippen molar-refractivity contribution >= 4 is 16.8 Å². The van der Waals surface area contributed by atoms with E-state index >= 15 is 0 Å². The highest BCUT2D eigenvalue weighted by atomic mass is 16.5. The van der Waals surface area contributed by atoms with Gasteiger partial charge in [-0.1, -0.05) is 6.42 Å². The fourth-order valence-electron chi connectivity index (χ4n) is 4.87. The third kappa shape index (κ3) is 4.96. The number of carbonyl (C=O) groups is 1. The zero-order chi connectivity index (χ0) is 20.9. The number of piperidine rings is 1. The Labute approximate surface area is 178 Å². The molecule has 1 aromatic heterocycles. The zero-order valence-electron chi connectivity index (χ0n) is 18.0. The van der Waals surface area contributed by atoms with E-state index in [1.165, 1.54) is 31.2 Å². The highest BCUT2D eigenvalue weighted by molar-refractivity contribution is 5.87. The first kappa shape index (κ1) is 21.2. The molecule has 1 amide bonds. The Morgan fingerprint density at radius 3 is 2.83 bits per heavy atom. The van der Waals surface area contributed by atoms with Gasteiger partial charge in [0.15, 0.2) is 0 Å². The summed E-state index contributed by atoms with van der Waals surface area (Å²) in [4.78, 5) is 16.7. The van der Waals surface area contributed by atoms with Gasteiger partial charge in [0.05, 0.1) is 20.3 Å². The molecule has 164 valence electrons. The van der Waals surface area contributed by atoms with Crippen LogP contribution in [0.4, 0.5) is 0 Å². The maximum Gasteiger partial charge on any atom is 0.237 e. The lowest BCUT2D eigenvalue weighted by Crippen LogP contribution is -2.43. The van der Waals surface area contributed by atoms with E-state index in [0.717, 1.165) is 62.6 Å². The van der Waals surface area contributed by atoms with Gasteiger partial charge in [-0.3, -0.25) is 14.6 Å². The van der Waals surface area contributed by atoms with Crippen molar-refractivity contribution in [2.24, 2.45) is 5.73 Å². The van der Waals surface area contributed by atoms with Crippen LogP contribution in [0, 0.1) is 0 Å². The molecular weight excluding hydrogens is 380 g/mol. The number of morpholine rings is 1. The number of ether oxygens (including phenoxy) is 2. The summed E-state index contributed by atoms with van der Waals surface area (Å²) >= 11 is 0. The number of aromatic nitrogens is 1. The van der Waals surface area contributed by atoms with Gasteiger partial charge in [-0.15, -0.1) is 0 Å². The molecular formula is C23H34N4O3. The third-order valence-electron chi connectivity index (χ3n) is 6.50. The van der Waals surface area contributed by atoms with Gasteiger partial charge in [0.1, 0.15) is 12.3 Å². The molecule has 4 rings (SSSR count). The summed E-state index contributed by atoms with van der Waals surface area (Å²) in [6.45, 7) is 7.17. The van der Waals surface area contributed by atoms with Gasteiger partial charge < -0.3 is 19.8 Å². The molecule has 2 saturated heterocycles. The Balaban J connectivity index is 1.52. The maximum atomic E-state index is 11.6. The van der Waals surface area contributed by atoms with Crippen molar-refractivity contribution in [2.45, 2.75) is 44.8 Å². The number of rotatable bonds is 8. The molecule has 2 aromatic rings. The quantitative estimate of drug-likeness (QED) is 0.717. The predicted octanol–water partition coefficient (Wildman–Crippen LogP) is 2.21. The molecule has 1 aromatic carbocycles. The van der Waals surface area contributed by atoms with Crippen LogP contribution >= 0.6 is 0 Å². The minimum absolute atomic E-state index is 0.198. The van der Waals surface area contributed by atoms with Gasteiger partial charge in [0.25, 0.3) is 0 Å². The molecule has 0 spiro atoms. The number of primary amides is 1. The van der Waals surface area contributed by atoms with Crippen LogP contribution in [-0.2, 0) is 22.6 Å². The molecule has 0 radical (unpaired) electrons. The number of amides is 1. The number of methoxy groups -OCH3 is 1. The lowest BCUT2D eigenvalue weighted by atomic mass is 9.98. The lowest BCUT2D eigenvalue weighted by Gasteiger charge is -2.37. The molecule has 3 heterocycles. The van der Waals surface area contributed by atoms with Crippen LogP contribution < -0.4 is 10.5 Å². The molecule has 0 bridgehead atoms. The molecule has 0 aliphatic carbocycles. The summed E-state index contributed by atoms with van der Waals surface area (Å²) in [6.07, 6.45) is 7.11. The van der Waals surface area contributed by atoms with Crippen molar-refractivity contribution in [2.75, 3.05) is 46.5 Å². The van der Waals surface area contributed by atoms with Crippen molar-refractivity contribution in [3.63, 3.8) is 0 Å². The number of benzene rings is 1. The number of likely N-dealkylation sites (tertiary alicyclic amines) is 1. The van der Waals surface area contributed by atoms with E-state index in [1.54, 1.807) is 7.11 Å². The number of fused-ring (bicyclic) bond motifs is 1. The number of nitrogens with zero attached hydrogens (tertiary/aromatic N) is 3. The standard InChI is InChI=1S/C23H34N4O3/c1-29-20-5-6-22-21(14-20)18(16-27(22)17-23(24)28)15-26-8-3-2-4-19(26)7-9-25-10-12-30-13-11-25/h5-6,14,16,19H,2-4,7-13,15,17H2,1H3,(H2,24,28). The van der Waals surface area contributed by atoms with Crippen molar-refractivity contribution in [3.05, 3.63) is 30.0 Å². The Hall–Kier alpha value is -2.09. The van der Waals surface area contributed by atoms with Gasteiger partial charge in [-0.25, -0.2) is 0 Å². The number of hydrogen-bond donors (Lipinski definition) is 1. The van der Waals surface area contributed by atoms with Crippen LogP contribution in [-0.4, -0.2) is 72.8 Å². The van der Waals surface area contributed by atoms with Gasteiger partial charge in [0, 0.05) is 42.8 Å². The third-order valence-corrected chi connectivity index (χ3v) is 6.50. The smallest absolute Gasteiger partial charge is 0.237 e. The van der Waals surface area contributed by atoms with Gasteiger partial charge in [0.2, 0.25) is 5.91 Å². The van der Waals surface area contributed by atoms with Crippen LogP contribution in [0.15, 0.2) is 24.4 Å². The first-order chi connectivity index (χ1) is 14.6. The number of carbonyl (C=O) groups excluding carboxylic acids is 1. The van der Waals surface area contributed by atoms with Crippen LogP contribution in [0.25, 0.3) is 10.9 Å². The van der Waals surface area contributed by atoms with E-state index < -0.39 is 0 Å². The van der Waals surface area contributed by atoms with E-state index in [0.29, 0.717) is 6.04 Å². The van der Waals surface area contributed by atoms with Gasteiger partial charge in [-0.05, 0) is 56.1 Å². The summed E-state index contributed by atoms with van der Waals surface area (Å²) in [5.74, 6) is 0.513. The molecule has 2 aliphatic rings. The van der Waals surface area contributed by atoms with Crippen molar-refractivity contribution in [1.82, 2.24) is 14.4 Å². The summed E-state index contributed by atoms with van der Waals surface area (Å²) in [7, 11) is 1.69. The van der Waals surface area contributed by atoms with E-state index in [-0.39, 0.29) is 12.5 Å². The predicted molar refractivity (Wildman–Crippen MR) is 118 cm³/mol. The summed E-state index contributed by atoms with van der Waals surface area (Å²) < 4.78 is 12.9. The SMILES string of the molecule is COc1ccc2c(c1)c(CN1CCCCC1CCN1CCOCC1)cn2CC(N)=O. The summed E-state index contributed by atoms with van der Waals surface area (Å²) in [6, 6.07) is 6.64. The monoisotopic (exact) mass is 414 g/mol. The number of nitrogens with two attached hydrogens (primary N) is 1. The molecule has 2 fully saturated rings. The van der Waals surface area contributed by atoms with E-state index in [9.17, 15) is 4.79 Å². The van der Waals surface area contributed by atoms with Crippen LogP contribution in [0.5, 0.6) is 5.75 Å². The molecule has 2 N–H and O–H groups in total. The summed E-state index contributed by atoms with van der Waals surface area (Å²) in [5, 5.41) is 1.15. The first-order valence-electron chi connectivity index (χ1n) is 11.1. The Morgan fingerprint density at radius 1 is 1.23 bits per heavy atom. The van der Waals surface area contributed by atoms with Crippen LogP contribution in [0.1, 0.15) is 31.2 Å². The fourth-order valence-corrected chi connectivity index (χ4v) is 4.87. The minimum Gasteiger partial charge on any atom is -0.497 e. The van der Waals surface area contributed by atoms with E-state index in [4.69, 9.17) is 15.2 Å². The van der Waals surface area contributed by atoms with Crippen molar-refractivity contribution in [1.29, 1.82) is 0 Å². The molecule has 1 atom stereocenters. The Bertz CT molecular complexity index is 859. The maximum absolute atomic E-state index is 11.6. The van der Waals surface area contributed by atoms with Crippen LogP contribution in [0.3, 0.4) is 0 Å². The molecule has 30 heavy (non-hydrogen) atoms. The first-order valence-corrected chi connectivity index (χ1v) is 11.1. The lowest BCUT2D eigenvalue weighted by molar-refractivity contribution is -0.118. The fraction of sp³-hybridized carbons (Fsp3) is 0.609. The molecule has 7 nitrogen and oxygen atoms in total. The van der Waals surface area contributed by atoms with Gasteiger partial charge in [-0.2, -0.15) is 0 Å². The van der Waals surface area contributed by atoms with Gasteiger partial charge >= 0.3 is 0 Å². The average Bonchev–Trinajstić information content (AvgIpc) is 3.09. The van der Waals surface area contributed by atoms with Crippen molar-refractivity contribution < 1.29 is 14.3 Å². The highest BCUT2D eigenvalue weighted by Crippen LogP contribution is 2.29. The number of hydrogen-bond acceptors (Lipinski definition) is 5. The molecule has 0 saturated carbocycles. The second-order valence-electron chi connectivity index (χ2n) is 8.49. The molecule has 7 heteroatoms. The Morgan fingerprint density at radius 2 is 2.07 bits per heavy atom. The van der Waals surface area contributed by atoms with E-state index in [1.807, 2.05) is 16.7 Å². The van der Waals surface area contributed by atoms with Crippen LogP contribution in [0.2, 0.25) is 0 Å². The topological polar surface area (TPSA) is 73.0 Å². The van der Waals surface area contributed by atoms with Crippen molar-refractivity contribution in [3.8, 4) is 5.75 Å². The second-order valence-corrected chi connectivity index (χ2v) is 8.49. The molecule has 2 aliphatic heterocycles. The minimum atomic E-state index is -0.323. The molecule has 1 unspecified atom stereocenters. The Kier molecular flexibility index (Phi) is 6.92. The average molecular weight is 415 g/mol. The summed E-state index contributed by atoms with van der Waals surface area (Å²) in [5.41, 5.74) is 7.76. The zero-order valence-corrected chi connectivity index (χ0v) is 18.0. The highest BCUT2D eigenvalue weighted by Gasteiger charge is 2.25. The largest absolute Gasteiger partial charge is 0.497 e. The normalized spacial score (nSPS) is 21.2. The second kappa shape index (κ2) is 9.81. The van der Waals surface area contributed by atoms with E-state index in [2.05, 4.69) is 22.1 Å².